The van der Waals surface area contributed by atoms with Crippen LogP contribution in [0.2, 0.25) is 0 Å². The zero-order chi connectivity index (χ0) is 15.8. The zero-order valence-electron chi connectivity index (χ0n) is 13.4. The molecular formula is C14H28N2O3S. The topological polar surface area (TPSA) is 67.4 Å². The van der Waals surface area contributed by atoms with E-state index in [0.717, 1.165) is 5.75 Å². The molecule has 0 saturated heterocycles. The van der Waals surface area contributed by atoms with Crippen LogP contribution < -0.4 is 10.6 Å². The summed E-state index contributed by atoms with van der Waals surface area (Å²) in [7, 11) is 0. The van der Waals surface area contributed by atoms with Crippen LogP contribution in [0.15, 0.2) is 0 Å². The van der Waals surface area contributed by atoms with Crippen molar-refractivity contribution < 1.29 is 14.3 Å². The fourth-order valence-corrected chi connectivity index (χ4v) is 1.85. The standard InChI is InChI=1S/C14H28N2O3S/c1-10(2)9-15-12(17)11(7-8-20-6)16-13(18)19-14(3,4)5/h10-11H,7-9H2,1-6H3,(H,15,17)(H,16,18). The van der Waals surface area contributed by atoms with Gasteiger partial charge in [0, 0.05) is 6.54 Å². The summed E-state index contributed by atoms with van der Waals surface area (Å²) in [5, 5.41) is 5.49. The highest BCUT2D eigenvalue weighted by atomic mass is 32.2. The number of nitrogens with one attached hydrogen (secondary N) is 2. The lowest BCUT2D eigenvalue weighted by Crippen LogP contribution is -2.49. The molecule has 0 saturated carbocycles. The first kappa shape index (κ1) is 19.1. The second-order valence-corrected chi connectivity index (χ2v) is 7.10. The Hall–Kier alpha value is -0.910. The van der Waals surface area contributed by atoms with Crippen molar-refractivity contribution in [3.05, 3.63) is 0 Å². The Morgan fingerprint density at radius 2 is 1.85 bits per heavy atom. The summed E-state index contributed by atoms with van der Waals surface area (Å²) < 4.78 is 5.19. The van der Waals surface area contributed by atoms with Gasteiger partial charge < -0.3 is 15.4 Å². The minimum absolute atomic E-state index is 0.154. The average Bonchev–Trinajstić information content (AvgIpc) is 2.28. The van der Waals surface area contributed by atoms with Gasteiger partial charge in [-0.15, -0.1) is 0 Å². The molecule has 0 spiro atoms. The Morgan fingerprint density at radius 3 is 2.30 bits per heavy atom. The van der Waals surface area contributed by atoms with Crippen molar-refractivity contribution in [1.82, 2.24) is 10.6 Å². The molecule has 0 rings (SSSR count). The minimum atomic E-state index is -0.567. The molecule has 0 aliphatic rings. The first-order valence-electron chi connectivity index (χ1n) is 6.92. The van der Waals surface area contributed by atoms with Crippen LogP contribution in [0.4, 0.5) is 4.79 Å². The summed E-state index contributed by atoms with van der Waals surface area (Å²) in [5.41, 5.74) is -0.567. The van der Waals surface area contributed by atoms with E-state index in [2.05, 4.69) is 10.6 Å². The average molecular weight is 304 g/mol. The van der Waals surface area contributed by atoms with E-state index in [4.69, 9.17) is 4.74 Å². The molecule has 0 aromatic heterocycles. The molecule has 118 valence electrons. The van der Waals surface area contributed by atoms with Crippen LogP contribution in [0.3, 0.4) is 0 Å². The van der Waals surface area contributed by atoms with Gasteiger partial charge in [0.15, 0.2) is 0 Å². The van der Waals surface area contributed by atoms with E-state index < -0.39 is 17.7 Å². The lowest BCUT2D eigenvalue weighted by molar-refractivity contribution is -0.123. The summed E-state index contributed by atoms with van der Waals surface area (Å²) in [6.45, 7) is 10.0. The second kappa shape index (κ2) is 9.10. The molecule has 20 heavy (non-hydrogen) atoms. The summed E-state index contributed by atoms with van der Waals surface area (Å²) in [5.74, 6) is 1.02. The third-order valence-electron chi connectivity index (χ3n) is 2.30. The van der Waals surface area contributed by atoms with Crippen LogP contribution in [0.25, 0.3) is 0 Å². The molecule has 2 N–H and O–H groups in total. The van der Waals surface area contributed by atoms with Gasteiger partial charge in [0.1, 0.15) is 11.6 Å². The Labute approximate surface area is 126 Å². The predicted octanol–water partition coefficient (Wildman–Crippen LogP) is 2.41. The van der Waals surface area contributed by atoms with E-state index in [9.17, 15) is 9.59 Å². The minimum Gasteiger partial charge on any atom is -0.444 e. The maximum Gasteiger partial charge on any atom is 0.408 e. The van der Waals surface area contributed by atoms with E-state index in [1.54, 1.807) is 32.5 Å². The zero-order valence-corrected chi connectivity index (χ0v) is 14.2. The number of thioether (sulfide) groups is 1. The van der Waals surface area contributed by atoms with Crippen LogP contribution in [0.5, 0.6) is 0 Å². The fourth-order valence-electron chi connectivity index (χ4n) is 1.38. The molecule has 0 aromatic rings. The van der Waals surface area contributed by atoms with Crippen LogP contribution in [-0.2, 0) is 9.53 Å². The van der Waals surface area contributed by atoms with Crippen molar-refractivity contribution in [3.63, 3.8) is 0 Å². The predicted molar refractivity (Wildman–Crippen MR) is 84.0 cm³/mol. The van der Waals surface area contributed by atoms with Gasteiger partial charge in [-0.05, 0) is 45.1 Å². The van der Waals surface area contributed by atoms with Crippen LogP contribution >= 0.6 is 11.8 Å². The Morgan fingerprint density at radius 1 is 1.25 bits per heavy atom. The Balaban J connectivity index is 4.47. The third kappa shape index (κ3) is 9.95. The van der Waals surface area contributed by atoms with Crippen LogP contribution in [0, 0.1) is 5.92 Å². The number of ether oxygens (including phenoxy) is 1. The van der Waals surface area contributed by atoms with Crippen molar-refractivity contribution in [2.24, 2.45) is 5.92 Å². The van der Waals surface area contributed by atoms with E-state index in [1.807, 2.05) is 20.1 Å². The van der Waals surface area contributed by atoms with E-state index in [-0.39, 0.29) is 5.91 Å². The first-order chi connectivity index (χ1) is 9.15. The molecule has 1 unspecified atom stereocenters. The van der Waals surface area contributed by atoms with E-state index in [1.165, 1.54) is 0 Å². The van der Waals surface area contributed by atoms with Gasteiger partial charge in [-0.25, -0.2) is 4.79 Å². The van der Waals surface area contributed by atoms with Gasteiger partial charge in [-0.2, -0.15) is 11.8 Å². The lowest BCUT2D eigenvalue weighted by Gasteiger charge is -2.23. The quantitative estimate of drug-likeness (QED) is 0.758. The third-order valence-corrected chi connectivity index (χ3v) is 2.95. The molecule has 0 fully saturated rings. The van der Waals surface area contributed by atoms with Gasteiger partial charge >= 0.3 is 6.09 Å². The number of hydrogen-bond acceptors (Lipinski definition) is 4. The van der Waals surface area contributed by atoms with E-state index >= 15 is 0 Å². The number of carbonyl (C=O) groups is 2. The molecule has 2 amide bonds. The maximum atomic E-state index is 12.1. The normalized spacial score (nSPS) is 12.9. The molecule has 0 aliphatic carbocycles. The molecule has 0 aromatic carbocycles. The Kier molecular flexibility index (Phi) is 8.69. The first-order valence-corrected chi connectivity index (χ1v) is 8.31. The molecule has 0 aliphatic heterocycles. The smallest absolute Gasteiger partial charge is 0.408 e. The van der Waals surface area contributed by atoms with Crippen LogP contribution in [-0.4, -0.2) is 42.2 Å². The summed E-state index contributed by atoms with van der Waals surface area (Å²) in [6.07, 6.45) is 2.00. The summed E-state index contributed by atoms with van der Waals surface area (Å²) in [4.78, 5) is 23.8. The Bertz CT molecular complexity index is 314. The maximum absolute atomic E-state index is 12.1. The monoisotopic (exact) mass is 304 g/mol. The molecule has 0 heterocycles. The number of hydrogen-bond donors (Lipinski definition) is 2. The van der Waals surface area contributed by atoms with Crippen LogP contribution in [0.1, 0.15) is 41.0 Å². The van der Waals surface area contributed by atoms with Crippen molar-refractivity contribution in [1.29, 1.82) is 0 Å². The molecular weight excluding hydrogens is 276 g/mol. The van der Waals surface area contributed by atoms with Gasteiger partial charge in [0.05, 0.1) is 0 Å². The van der Waals surface area contributed by atoms with E-state index in [0.29, 0.717) is 18.9 Å². The largest absolute Gasteiger partial charge is 0.444 e. The summed E-state index contributed by atoms with van der Waals surface area (Å²) >= 11 is 1.64. The highest BCUT2D eigenvalue weighted by Crippen LogP contribution is 2.08. The second-order valence-electron chi connectivity index (χ2n) is 6.12. The van der Waals surface area contributed by atoms with Gasteiger partial charge in [0.25, 0.3) is 0 Å². The van der Waals surface area contributed by atoms with Crippen molar-refractivity contribution in [3.8, 4) is 0 Å². The SMILES string of the molecule is CSCCC(NC(=O)OC(C)(C)C)C(=O)NCC(C)C. The molecule has 0 bridgehead atoms. The lowest BCUT2D eigenvalue weighted by atomic mass is 10.2. The van der Waals surface area contributed by atoms with Gasteiger partial charge in [-0.1, -0.05) is 13.8 Å². The molecule has 0 radical (unpaired) electrons. The van der Waals surface area contributed by atoms with Crippen molar-refractivity contribution >= 4 is 23.8 Å². The summed E-state index contributed by atoms with van der Waals surface area (Å²) in [6, 6.07) is -0.545. The van der Waals surface area contributed by atoms with Crippen molar-refractivity contribution in [2.75, 3.05) is 18.6 Å². The van der Waals surface area contributed by atoms with Gasteiger partial charge in [-0.3, -0.25) is 4.79 Å². The molecule has 5 nitrogen and oxygen atoms in total. The number of rotatable bonds is 7. The van der Waals surface area contributed by atoms with Gasteiger partial charge in [0.2, 0.25) is 5.91 Å². The highest BCUT2D eigenvalue weighted by molar-refractivity contribution is 7.98. The fraction of sp³-hybridized carbons (Fsp3) is 0.857. The number of alkyl carbamates (subject to hydrolysis) is 1. The molecule has 6 heteroatoms. The van der Waals surface area contributed by atoms with Crippen molar-refractivity contribution in [2.45, 2.75) is 52.7 Å². The number of amides is 2. The highest BCUT2D eigenvalue weighted by Gasteiger charge is 2.23. The number of carbonyl (C=O) groups excluding carboxylic acids is 2. The molecule has 1 atom stereocenters.